The summed E-state index contributed by atoms with van der Waals surface area (Å²) in [5.41, 5.74) is 0.122. The molecule has 1 aliphatic heterocycles. The molecular formula is C23H22ClF3N6O2. The van der Waals surface area contributed by atoms with Crippen LogP contribution in [0.25, 0.3) is 0 Å². The van der Waals surface area contributed by atoms with Crippen LogP contribution in [0.15, 0.2) is 48.5 Å². The van der Waals surface area contributed by atoms with Crippen molar-refractivity contribution in [3.8, 4) is 0 Å². The van der Waals surface area contributed by atoms with Gasteiger partial charge in [-0.1, -0.05) is 11.6 Å². The van der Waals surface area contributed by atoms with Crippen molar-refractivity contribution >= 4 is 46.3 Å². The van der Waals surface area contributed by atoms with Crippen molar-refractivity contribution in [1.29, 1.82) is 0 Å². The van der Waals surface area contributed by atoms with Crippen molar-refractivity contribution in [3.05, 3.63) is 64.9 Å². The zero-order chi connectivity index (χ0) is 25.0. The number of ether oxygens (including phenoxy) is 1. The van der Waals surface area contributed by atoms with Gasteiger partial charge in [0.25, 0.3) is 0 Å². The fourth-order valence-electron chi connectivity index (χ4n) is 3.47. The molecule has 0 radical (unpaired) electrons. The Balaban J connectivity index is 1.38. The van der Waals surface area contributed by atoms with E-state index in [1.807, 2.05) is 13.0 Å². The van der Waals surface area contributed by atoms with Crippen LogP contribution in [-0.2, 0) is 10.9 Å². The number of aryl methyl sites for hydroxylation is 1. The van der Waals surface area contributed by atoms with Crippen molar-refractivity contribution in [2.75, 3.05) is 47.2 Å². The van der Waals surface area contributed by atoms with E-state index in [9.17, 15) is 18.0 Å². The highest BCUT2D eigenvalue weighted by Crippen LogP contribution is 2.36. The monoisotopic (exact) mass is 506 g/mol. The largest absolute Gasteiger partial charge is 0.417 e. The molecule has 3 aromatic rings. The maximum Gasteiger partial charge on any atom is 0.417 e. The summed E-state index contributed by atoms with van der Waals surface area (Å²) in [6.45, 7) is 4.63. The standard InChI is InChI=1S/C23H22ClF3N6O2/c1-14-28-20(13-21(29-14)33-8-10-35-11-9-33)30-15-2-4-16(5-3-15)31-22(34)32-17-6-7-19(24)18(12-17)23(25,26)27/h2-7,12-13H,8-11H2,1H3,(H,28,29,30)(H2,31,32,34). The molecule has 0 atom stereocenters. The van der Waals surface area contributed by atoms with Crippen LogP contribution < -0.4 is 20.9 Å². The first-order valence-electron chi connectivity index (χ1n) is 10.7. The lowest BCUT2D eigenvalue weighted by molar-refractivity contribution is -0.137. The number of anilines is 5. The van der Waals surface area contributed by atoms with Crippen LogP contribution in [0, 0.1) is 6.92 Å². The van der Waals surface area contributed by atoms with E-state index in [4.69, 9.17) is 16.3 Å². The first kappa shape index (κ1) is 24.6. The Kier molecular flexibility index (Phi) is 7.27. The number of amides is 2. The average Bonchev–Trinajstić information content (AvgIpc) is 2.81. The number of benzene rings is 2. The number of hydrogen-bond acceptors (Lipinski definition) is 6. The molecule has 1 fully saturated rings. The number of carbonyl (C=O) groups excluding carboxylic acids is 1. The average molecular weight is 507 g/mol. The molecule has 1 saturated heterocycles. The summed E-state index contributed by atoms with van der Waals surface area (Å²) in [4.78, 5) is 23.3. The summed E-state index contributed by atoms with van der Waals surface area (Å²) in [5.74, 6) is 2.07. The Bertz CT molecular complexity index is 1200. The number of hydrogen-bond donors (Lipinski definition) is 3. The zero-order valence-electron chi connectivity index (χ0n) is 18.6. The Morgan fingerprint density at radius 1 is 0.971 bits per heavy atom. The number of nitrogens with zero attached hydrogens (tertiary/aromatic N) is 3. The topological polar surface area (TPSA) is 91.4 Å². The highest BCUT2D eigenvalue weighted by Gasteiger charge is 2.33. The molecule has 0 spiro atoms. The van der Waals surface area contributed by atoms with Gasteiger partial charge in [0.2, 0.25) is 0 Å². The fraction of sp³-hybridized carbons (Fsp3) is 0.261. The van der Waals surface area contributed by atoms with E-state index in [0.29, 0.717) is 30.5 Å². The molecule has 2 amide bonds. The maximum absolute atomic E-state index is 13.0. The normalized spacial score (nSPS) is 13.9. The van der Waals surface area contributed by atoms with Gasteiger partial charge in [-0.05, 0) is 49.4 Å². The number of alkyl halides is 3. The first-order valence-corrected chi connectivity index (χ1v) is 11.1. The van der Waals surface area contributed by atoms with E-state index in [1.54, 1.807) is 24.3 Å². The molecule has 2 heterocycles. The number of carbonyl (C=O) groups is 1. The summed E-state index contributed by atoms with van der Waals surface area (Å²) in [5, 5.41) is 7.72. The van der Waals surface area contributed by atoms with Crippen molar-refractivity contribution < 1.29 is 22.7 Å². The van der Waals surface area contributed by atoms with E-state index in [-0.39, 0.29) is 5.69 Å². The predicted molar refractivity (Wildman–Crippen MR) is 129 cm³/mol. The molecule has 1 aliphatic rings. The summed E-state index contributed by atoms with van der Waals surface area (Å²) >= 11 is 5.61. The minimum atomic E-state index is -4.63. The number of halogens is 4. The minimum Gasteiger partial charge on any atom is -0.378 e. The second kappa shape index (κ2) is 10.4. The highest BCUT2D eigenvalue weighted by atomic mass is 35.5. The molecule has 0 unspecified atom stereocenters. The SMILES string of the molecule is Cc1nc(Nc2ccc(NC(=O)Nc3ccc(Cl)c(C(F)(F)F)c3)cc2)cc(N2CCOCC2)n1. The third-order valence-electron chi connectivity index (χ3n) is 5.10. The summed E-state index contributed by atoms with van der Waals surface area (Å²) in [6, 6.07) is 11.1. The third-order valence-corrected chi connectivity index (χ3v) is 5.43. The van der Waals surface area contributed by atoms with Gasteiger partial charge in [-0.2, -0.15) is 13.2 Å². The van der Waals surface area contributed by atoms with Gasteiger partial charge < -0.3 is 25.6 Å². The van der Waals surface area contributed by atoms with Crippen LogP contribution in [0.1, 0.15) is 11.4 Å². The van der Waals surface area contributed by atoms with Crippen LogP contribution in [0.3, 0.4) is 0 Å². The maximum atomic E-state index is 13.0. The molecule has 0 aliphatic carbocycles. The Morgan fingerprint density at radius 3 is 2.29 bits per heavy atom. The molecule has 1 aromatic heterocycles. The second-order valence-corrected chi connectivity index (χ2v) is 8.14. The molecule has 4 rings (SSSR count). The van der Waals surface area contributed by atoms with E-state index in [1.165, 1.54) is 6.07 Å². The van der Waals surface area contributed by atoms with Crippen LogP contribution in [-0.4, -0.2) is 42.3 Å². The van der Waals surface area contributed by atoms with Gasteiger partial charge in [0.1, 0.15) is 17.5 Å². The lowest BCUT2D eigenvalue weighted by Crippen LogP contribution is -2.36. The number of rotatable bonds is 5. The van der Waals surface area contributed by atoms with E-state index in [0.717, 1.165) is 36.7 Å². The van der Waals surface area contributed by atoms with Gasteiger partial charge in [-0.25, -0.2) is 14.8 Å². The summed E-state index contributed by atoms with van der Waals surface area (Å²) < 4.78 is 44.4. The lowest BCUT2D eigenvalue weighted by atomic mass is 10.2. The molecular weight excluding hydrogens is 485 g/mol. The highest BCUT2D eigenvalue weighted by molar-refractivity contribution is 6.31. The fourth-order valence-corrected chi connectivity index (χ4v) is 3.69. The van der Waals surface area contributed by atoms with Gasteiger partial charge >= 0.3 is 12.2 Å². The molecule has 0 saturated carbocycles. The Morgan fingerprint density at radius 2 is 1.60 bits per heavy atom. The second-order valence-electron chi connectivity index (χ2n) is 7.73. The molecule has 2 aromatic carbocycles. The molecule has 3 N–H and O–H groups in total. The summed E-state index contributed by atoms with van der Waals surface area (Å²) in [6.07, 6.45) is -4.63. The predicted octanol–water partition coefficient (Wildman–Crippen LogP) is 5.68. The minimum absolute atomic E-state index is 0.0345. The quantitative estimate of drug-likeness (QED) is 0.412. The van der Waals surface area contributed by atoms with Gasteiger partial charge in [0, 0.05) is 36.2 Å². The number of urea groups is 1. The van der Waals surface area contributed by atoms with Gasteiger partial charge in [0.05, 0.1) is 23.8 Å². The first-order chi connectivity index (χ1) is 16.7. The van der Waals surface area contributed by atoms with E-state index < -0.39 is 22.8 Å². The third kappa shape index (κ3) is 6.52. The smallest absolute Gasteiger partial charge is 0.378 e. The Hall–Kier alpha value is -3.57. The van der Waals surface area contributed by atoms with Gasteiger partial charge in [-0.15, -0.1) is 0 Å². The van der Waals surface area contributed by atoms with Crippen molar-refractivity contribution in [2.24, 2.45) is 0 Å². The summed E-state index contributed by atoms with van der Waals surface area (Å²) in [7, 11) is 0. The lowest BCUT2D eigenvalue weighted by Gasteiger charge is -2.28. The number of morpholine rings is 1. The van der Waals surface area contributed by atoms with Crippen molar-refractivity contribution in [1.82, 2.24) is 9.97 Å². The van der Waals surface area contributed by atoms with Crippen molar-refractivity contribution in [3.63, 3.8) is 0 Å². The number of nitrogens with one attached hydrogen (secondary N) is 3. The van der Waals surface area contributed by atoms with Crippen LogP contribution in [0.5, 0.6) is 0 Å². The van der Waals surface area contributed by atoms with E-state index >= 15 is 0 Å². The van der Waals surface area contributed by atoms with E-state index in [2.05, 4.69) is 30.8 Å². The van der Waals surface area contributed by atoms with Gasteiger partial charge in [-0.3, -0.25) is 0 Å². The molecule has 8 nitrogen and oxygen atoms in total. The van der Waals surface area contributed by atoms with Gasteiger partial charge in [0.15, 0.2) is 0 Å². The van der Waals surface area contributed by atoms with Crippen molar-refractivity contribution in [2.45, 2.75) is 13.1 Å². The molecule has 184 valence electrons. The van der Waals surface area contributed by atoms with Crippen LogP contribution >= 0.6 is 11.6 Å². The Labute approximate surface area is 204 Å². The number of aromatic nitrogens is 2. The van der Waals surface area contributed by atoms with Crippen LogP contribution in [0.4, 0.5) is 46.7 Å². The van der Waals surface area contributed by atoms with Crippen LogP contribution in [0.2, 0.25) is 5.02 Å². The molecule has 35 heavy (non-hydrogen) atoms. The molecule has 0 bridgehead atoms. The molecule has 12 heteroatoms. The zero-order valence-corrected chi connectivity index (χ0v) is 19.4.